The Morgan fingerprint density at radius 3 is 2.43 bits per heavy atom. The number of fused-ring (bicyclic) bond motifs is 2. The Kier molecular flexibility index (Phi) is 6.77. The van der Waals surface area contributed by atoms with Crippen molar-refractivity contribution in [2.75, 3.05) is 26.2 Å². The van der Waals surface area contributed by atoms with Gasteiger partial charge < -0.3 is 20.3 Å². The number of piperidine rings is 1. The van der Waals surface area contributed by atoms with Gasteiger partial charge in [-0.1, -0.05) is 19.3 Å². The molecule has 3 atom stereocenters. The zero-order valence-corrected chi connectivity index (χ0v) is 19.8. The van der Waals surface area contributed by atoms with Crippen LogP contribution >= 0.6 is 24.0 Å². The summed E-state index contributed by atoms with van der Waals surface area (Å²) in [5, 5.41) is 7.68. The van der Waals surface area contributed by atoms with Crippen LogP contribution in [0.4, 0.5) is 0 Å². The van der Waals surface area contributed by atoms with E-state index in [2.05, 4.69) is 22.5 Å². The number of hydrogen-bond donors (Lipinski definition) is 2. The van der Waals surface area contributed by atoms with E-state index in [4.69, 9.17) is 9.73 Å². The highest BCUT2D eigenvalue weighted by molar-refractivity contribution is 14.0. The molecule has 3 saturated carbocycles. The topological polar surface area (TPSA) is 48.9 Å². The second-order valence-corrected chi connectivity index (χ2v) is 9.67. The van der Waals surface area contributed by atoms with Gasteiger partial charge in [-0.05, 0) is 51.9 Å². The normalized spacial score (nSPS) is 35.8. The summed E-state index contributed by atoms with van der Waals surface area (Å²) in [5.41, 5.74) is 0.420. The fourth-order valence-electron chi connectivity index (χ4n) is 6.77. The highest BCUT2D eigenvalue weighted by atomic mass is 127. The van der Waals surface area contributed by atoms with Crippen molar-refractivity contribution in [1.29, 1.82) is 0 Å². The van der Waals surface area contributed by atoms with E-state index in [1.54, 1.807) is 0 Å². The molecule has 3 unspecified atom stereocenters. The van der Waals surface area contributed by atoms with Gasteiger partial charge in [0.25, 0.3) is 0 Å². The predicted molar refractivity (Wildman–Crippen MR) is 124 cm³/mol. The maximum absolute atomic E-state index is 6.09. The Morgan fingerprint density at radius 2 is 1.79 bits per heavy atom. The number of likely N-dealkylation sites (tertiary alicyclic amines) is 1. The van der Waals surface area contributed by atoms with E-state index in [1.165, 1.54) is 77.3 Å². The number of guanidine groups is 1. The molecule has 5 rings (SSSR count). The van der Waals surface area contributed by atoms with Crippen molar-refractivity contribution in [2.45, 2.75) is 95.4 Å². The fraction of sp³-hybridized carbons (Fsp3) is 0.955. The monoisotopic (exact) mass is 502 g/mol. The van der Waals surface area contributed by atoms with Gasteiger partial charge in [-0.25, -0.2) is 0 Å². The first-order valence-electron chi connectivity index (χ1n) is 11.7. The Bertz CT molecular complexity index is 553. The van der Waals surface area contributed by atoms with Crippen LogP contribution in [0.5, 0.6) is 0 Å². The third kappa shape index (κ3) is 3.70. The van der Waals surface area contributed by atoms with Crippen LogP contribution in [-0.4, -0.2) is 61.3 Å². The number of nitrogens with one attached hydrogen (secondary N) is 2. The molecule has 2 heterocycles. The SMILES string of the molecule is CCN=C(NC1CCN(C2CCCC2)CC1)NC1C2CCOC2C12CCC2.I. The van der Waals surface area contributed by atoms with Crippen molar-refractivity contribution in [2.24, 2.45) is 16.3 Å². The van der Waals surface area contributed by atoms with Crippen molar-refractivity contribution in [3.05, 3.63) is 0 Å². The van der Waals surface area contributed by atoms with Gasteiger partial charge in [0.1, 0.15) is 0 Å². The van der Waals surface area contributed by atoms with Crippen molar-refractivity contribution in [3.63, 3.8) is 0 Å². The van der Waals surface area contributed by atoms with E-state index in [0.29, 0.717) is 29.5 Å². The van der Waals surface area contributed by atoms with Crippen molar-refractivity contribution in [1.82, 2.24) is 15.5 Å². The number of hydrogen-bond acceptors (Lipinski definition) is 3. The van der Waals surface area contributed by atoms with Crippen molar-refractivity contribution >= 4 is 29.9 Å². The molecule has 2 saturated heterocycles. The van der Waals surface area contributed by atoms with Crippen molar-refractivity contribution < 1.29 is 4.74 Å². The average molecular weight is 502 g/mol. The fourth-order valence-corrected chi connectivity index (χ4v) is 6.77. The summed E-state index contributed by atoms with van der Waals surface area (Å²) in [7, 11) is 0. The molecule has 0 amide bonds. The number of aliphatic imine (C=N–C) groups is 1. The lowest BCUT2D eigenvalue weighted by Gasteiger charge is -2.63. The van der Waals surface area contributed by atoms with Gasteiger partial charge >= 0.3 is 0 Å². The molecule has 5 fully saturated rings. The Hall–Kier alpha value is -0.0800. The zero-order chi connectivity index (χ0) is 18.3. The molecule has 0 radical (unpaired) electrons. The standard InChI is InChI=1S/C22H38N4O.HI/c1-2-23-21(24-16-8-13-26(14-9-16)17-6-3-4-7-17)25-19-18-10-15-27-20(18)22(19)11-5-12-22;/h16-20H,2-15H2,1H3,(H2,23,24,25);1H. The summed E-state index contributed by atoms with van der Waals surface area (Å²) in [6.45, 7) is 6.47. The summed E-state index contributed by atoms with van der Waals surface area (Å²) < 4.78 is 6.09. The number of halogens is 1. The molecular formula is C22H39IN4O. The van der Waals surface area contributed by atoms with Crippen LogP contribution in [0.1, 0.15) is 71.1 Å². The van der Waals surface area contributed by atoms with E-state index in [0.717, 1.165) is 25.2 Å². The maximum Gasteiger partial charge on any atom is 0.191 e. The summed E-state index contributed by atoms with van der Waals surface area (Å²) in [6, 6.07) is 2.03. The summed E-state index contributed by atoms with van der Waals surface area (Å²) in [4.78, 5) is 7.57. The highest BCUT2D eigenvalue weighted by Crippen LogP contribution is 2.62. The first-order valence-corrected chi connectivity index (χ1v) is 11.7. The molecule has 1 spiro atoms. The maximum atomic E-state index is 6.09. The molecule has 5 nitrogen and oxygen atoms in total. The average Bonchev–Trinajstić information content (AvgIpc) is 3.30. The predicted octanol–water partition coefficient (Wildman–Crippen LogP) is 3.52. The first-order chi connectivity index (χ1) is 13.3. The van der Waals surface area contributed by atoms with Gasteiger partial charge in [-0.2, -0.15) is 0 Å². The molecule has 3 aliphatic carbocycles. The van der Waals surface area contributed by atoms with E-state index in [1.807, 2.05) is 0 Å². The van der Waals surface area contributed by atoms with Crippen LogP contribution in [0, 0.1) is 11.3 Å². The minimum Gasteiger partial charge on any atom is -0.377 e. The molecular weight excluding hydrogens is 463 g/mol. The van der Waals surface area contributed by atoms with E-state index in [-0.39, 0.29) is 24.0 Å². The smallest absolute Gasteiger partial charge is 0.191 e. The summed E-state index contributed by atoms with van der Waals surface area (Å²) >= 11 is 0. The van der Waals surface area contributed by atoms with Crippen LogP contribution in [0.25, 0.3) is 0 Å². The Morgan fingerprint density at radius 1 is 1.04 bits per heavy atom. The van der Waals surface area contributed by atoms with Gasteiger partial charge in [0, 0.05) is 55.7 Å². The highest BCUT2D eigenvalue weighted by Gasteiger charge is 2.66. The van der Waals surface area contributed by atoms with Gasteiger partial charge in [-0.15, -0.1) is 24.0 Å². The van der Waals surface area contributed by atoms with E-state index >= 15 is 0 Å². The quantitative estimate of drug-likeness (QED) is 0.351. The first kappa shape index (κ1) is 21.2. The molecule has 0 aromatic carbocycles. The zero-order valence-electron chi connectivity index (χ0n) is 17.5. The molecule has 28 heavy (non-hydrogen) atoms. The van der Waals surface area contributed by atoms with Crippen molar-refractivity contribution in [3.8, 4) is 0 Å². The Labute approximate surface area is 187 Å². The second kappa shape index (κ2) is 8.96. The lowest BCUT2D eigenvalue weighted by atomic mass is 9.46. The summed E-state index contributed by atoms with van der Waals surface area (Å²) in [6.07, 6.45) is 14.0. The Balaban J connectivity index is 0.00000192. The van der Waals surface area contributed by atoms with Gasteiger partial charge in [0.05, 0.1) is 6.10 Å². The summed E-state index contributed by atoms with van der Waals surface area (Å²) in [5.74, 6) is 1.77. The van der Waals surface area contributed by atoms with Crippen LogP contribution in [0.3, 0.4) is 0 Å². The third-order valence-electron chi connectivity index (χ3n) is 8.36. The van der Waals surface area contributed by atoms with Gasteiger partial charge in [0.2, 0.25) is 0 Å². The minimum atomic E-state index is 0. The van der Waals surface area contributed by atoms with Crippen LogP contribution < -0.4 is 10.6 Å². The molecule has 6 heteroatoms. The van der Waals surface area contributed by atoms with Crippen LogP contribution in [0.15, 0.2) is 4.99 Å². The molecule has 5 aliphatic rings. The number of ether oxygens (including phenoxy) is 1. The van der Waals surface area contributed by atoms with Gasteiger partial charge in [-0.3, -0.25) is 4.99 Å². The lowest BCUT2D eigenvalue weighted by Crippen LogP contribution is -2.72. The van der Waals surface area contributed by atoms with Gasteiger partial charge in [0.15, 0.2) is 5.96 Å². The molecule has 0 bridgehead atoms. The lowest BCUT2D eigenvalue weighted by molar-refractivity contribution is -0.171. The number of nitrogens with zero attached hydrogens (tertiary/aromatic N) is 2. The molecule has 2 aliphatic heterocycles. The minimum absolute atomic E-state index is 0. The number of rotatable bonds is 4. The van der Waals surface area contributed by atoms with Crippen LogP contribution in [0.2, 0.25) is 0 Å². The molecule has 0 aromatic rings. The third-order valence-corrected chi connectivity index (χ3v) is 8.36. The second-order valence-electron chi connectivity index (χ2n) is 9.67. The molecule has 160 valence electrons. The van der Waals surface area contributed by atoms with Crippen LogP contribution in [-0.2, 0) is 4.74 Å². The molecule has 2 N–H and O–H groups in total. The van der Waals surface area contributed by atoms with E-state index in [9.17, 15) is 0 Å². The van der Waals surface area contributed by atoms with E-state index < -0.39 is 0 Å². The largest absolute Gasteiger partial charge is 0.377 e. The molecule has 0 aromatic heterocycles.